The molecular weight excluding hydrogens is 406 g/mol. The van der Waals surface area contributed by atoms with E-state index in [0.29, 0.717) is 5.57 Å². The minimum absolute atomic E-state index is 0.0237. The number of hydrogen-bond donors (Lipinski definition) is 2. The summed E-state index contributed by atoms with van der Waals surface area (Å²) in [6, 6.07) is 0.942. The molecule has 1 saturated heterocycles. The molecule has 1 fully saturated rings. The van der Waals surface area contributed by atoms with Crippen LogP contribution in [0.15, 0.2) is 11.3 Å². The van der Waals surface area contributed by atoms with Crippen LogP contribution in [0.5, 0.6) is 0 Å². The largest absolute Gasteiger partial charge is 0.477 e. The first kappa shape index (κ1) is 20.4. The number of carboxylic acid groups (broad SMARTS) is 1. The van der Waals surface area contributed by atoms with Crippen molar-refractivity contribution in [1.29, 1.82) is 5.26 Å². The van der Waals surface area contributed by atoms with Crippen LogP contribution in [0.2, 0.25) is 0 Å². The molecule has 9 nitrogen and oxygen atoms in total. The fraction of sp³-hybridized carbons (Fsp3) is 0.500. The standard InChI is InChI=1S/C14H14ClN3O6S2/c1-6(19)24-4-7-5-26-13-8(12(21)18(13)9(7)14(22)23)17-11(20)10(15)25-3-2-16/h8,10,13H,3-5H2,1H3,(H,17,20)(H,22,23)/t8?,10?,13-/m0/s1. The van der Waals surface area contributed by atoms with Crippen molar-refractivity contribution in [3.8, 4) is 6.07 Å². The number of aliphatic carboxylic acids is 1. The van der Waals surface area contributed by atoms with E-state index in [1.807, 2.05) is 6.07 Å². The Morgan fingerprint density at radius 3 is 2.85 bits per heavy atom. The fourth-order valence-electron chi connectivity index (χ4n) is 2.39. The third kappa shape index (κ3) is 4.25. The van der Waals surface area contributed by atoms with Crippen molar-refractivity contribution in [3.63, 3.8) is 0 Å². The van der Waals surface area contributed by atoms with Crippen LogP contribution >= 0.6 is 35.1 Å². The molecule has 26 heavy (non-hydrogen) atoms. The average Bonchev–Trinajstić information content (AvgIpc) is 2.60. The number of fused-ring (bicyclic) bond motifs is 1. The Morgan fingerprint density at radius 1 is 1.58 bits per heavy atom. The van der Waals surface area contributed by atoms with Crippen molar-refractivity contribution < 1.29 is 29.0 Å². The lowest BCUT2D eigenvalue weighted by atomic mass is 10.0. The highest BCUT2D eigenvalue weighted by atomic mass is 35.5. The Bertz CT molecular complexity index is 722. The van der Waals surface area contributed by atoms with Crippen molar-refractivity contribution in [1.82, 2.24) is 10.2 Å². The normalized spacial score (nSPS) is 22.7. The third-order valence-corrected chi connectivity index (χ3v) is 6.22. The molecule has 2 unspecified atom stereocenters. The van der Waals surface area contributed by atoms with Gasteiger partial charge >= 0.3 is 11.9 Å². The Hall–Kier alpha value is -1.90. The molecule has 140 valence electrons. The highest BCUT2D eigenvalue weighted by molar-refractivity contribution is 8.02. The molecule has 0 aliphatic carbocycles. The molecule has 0 saturated carbocycles. The van der Waals surface area contributed by atoms with E-state index in [2.05, 4.69) is 5.32 Å². The first-order valence-electron chi connectivity index (χ1n) is 7.24. The third-order valence-electron chi connectivity index (χ3n) is 3.50. The van der Waals surface area contributed by atoms with Gasteiger partial charge in [0.25, 0.3) is 5.91 Å². The molecule has 2 heterocycles. The number of carbonyl (C=O) groups is 4. The maximum Gasteiger partial charge on any atom is 0.352 e. The molecule has 0 radical (unpaired) electrons. The number of halogens is 1. The number of hydrogen-bond acceptors (Lipinski definition) is 8. The second-order valence-electron chi connectivity index (χ2n) is 5.22. The van der Waals surface area contributed by atoms with Crippen LogP contribution < -0.4 is 5.32 Å². The summed E-state index contributed by atoms with van der Waals surface area (Å²) in [5, 5.41) is 19.8. The number of ether oxygens (including phenoxy) is 1. The second kappa shape index (κ2) is 8.66. The number of rotatable bonds is 7. The topological polar surface area (TPSA) is 137 Å². The SMILES string of the molecule is CC(=O)OCC1=C(C(=O)O)N2C(=O)C(NC(=O)C(Cl)SCC#N)[C@@H]2SC1. The summed E-state index contributed by atoms with van der Waals surface area (Å²) in [6.45, 7) is 0.985. The van der Waals surface area contributed by atoms with Gasteiger partial charge in [-0.15, -0.1) is 35.1 Å². The molecule has 12 heteroatoms. The van der Waals surface area contributed by atoms with Crippen LogP contribution in [0.1, 0.15) is 6.92 Å². The zero-order valence-corrected chi connectivity index (χ0v) is 15.8. The lowest BCUT2D eigenvalue weighted by Crippen LogP contribution is -2.71. The minimum atomic E-state index is -1.31. The molecule has 2 rings (SSSR count). The van der Waals surface area contributed by atoms with Gasteiger partial charge in [0.05, 0.1) is 11.8 Å². The zero-order chi connectivity index (χ0) is 19.4. The van der Waals surface area contributed by atoms with Crippen LogP contribution in [0.4, 0.5) is 0 Å². The molecule has 2 aliphatic rings. The quantitative estimate of drug-likeness (QED) is 0.334. The molecule has 0 aromatic heterocycles. The number of β-lactam (4-membered cyclic amide) rings is 1. The number of amides is 2. The molecule has 2 aliphatic heterocycles. The van der Waals surface area contributed by atoms with Crippen LogP contribution in [0.3, 0.4) is 0 Å². The van der Waals surface area contributed by atoms with E-state index in [9.17, 15) is 24.3 Å². The maximum atomic E-state index is 12.4. The van der Waals surface area contributed by atoms with Gasteiger partial charge in [0.15, 0.2) is 4.71 Å². The zero-order valence-electron chi connectivity index (χ0n) is 13.4. The van der Waals surface area contributed by atoms with Crippen LogP contribution in [0, 0.1) is 11.3 Å². The first-order valence-corrected chi connectivity index (χ1v) is 9.77. The monoisotopic (exact) mass is 419 g/mol. The second-order valence-corrected chi connectivity index (χ2v) is 8.11. The molecule has 0 aromatic carbocycles. The first-order chi connectivity index (χ1) is 12.3. The summed E-state index contributed by atoms with van der Waals surface area (Å²) in [7, 11) is 0. The van der Waals surface area contributed by atoms with Crippen molar-refractivity contribution in [2.75, 3.05) is 18.1 Å². The van der Waals surface area contributed by atoms with E-state index in [-0.39, 0.29) is 23.8 Å². The average molecular weight is 420 g/mol. The van der Waals surface area contributed by atoms with Gasteiger partial charge in [-0.2, -0.15) is 5.26 Å². The maximum absolute atomic E-state index is 12.4. The highest BCUT2D eigenvalue weighted by Crippen LogP contribution is 2.40. The molecule has 0 aromatic rings. The highest BCUT2D eigenvalue weighted by Gasteiger charge is 2.54. The van der Waals surface area contributed by atoms with Gasteiger partial charge in [0, 0.05) is 18.2 Å². The van der Waals surface area contributed by atoms with Gasteiger partial charge in [-0.05, 0) is 0 Å². The lowest BCUT2D eigenvalue weighted by molar-refractivity contribution is -0.150. The van der Waals surface area contributed by atoms with E-state index in [0.717, 1.165) is 16.7 Å². The van der Waals surface area contributed by atoms with Gasteiger partial charge in [-0.3, -0.25) is 19.3 Å². The van der Waals surface area contributed by atoms with E-state index < -0.39 is 39.9 Å². The van der Waals surface area contributed by atoms with Crippen LogP contribution in [0.25, 0.3) is 0 Å². The summed E-state index contributed by atoms with van der Waals surface area (Å²) < 4.78 is 3.81. The van der Waals surface area contributed by atoms with E-state index in [1.54, 1.807) is 0 Å². The number of carbonyl (C=O) groups excluding carboxylic acids is 3. The van der Waals surface area contributed by atoms with Gasteiger partial charge in [0.1, 0.15) is 23.7 Å². The predicted octanol–water partition coefficient (Wildman–Crippen LogP) is 0.110. The van der Waals surface area contributed by atoms with Gasteiger partial charge < -0.3 is 15.2 Å². The number of nitriles is 1. The van der Waals surface area contributed by atoms with E-state index in [1.165, 1.54) is 18.7 Å². The number of nitrogens with zero attached hydrogens (tertiary/aromatic N) is 2. The molecule has 0 bridgehead atoms. The van der Waals surface area contributed by atoms with Crippen LogP contribution in [-0.4, -0.2) is 68.0 Å². The van der Waals surface area contributed by atoms with Crippen molar-refractivity contribution >= 4 is 58.9 Å². The fourth-order valence-corrected chi connectivity index (χ4v) is 4.41. The number of carboxylic acids is 1. The van der Waals surface area contributed by atoms with E-state index in [4.69, 9.17) is 21.6 Å². The number of alkyl halides is 1. The minimum Gasteiger partial charge on any atom is -0.477 e. The summed E-state index contributed by atoms with van der Waals surface area (Å²) in [6.07, 6.45) is 0. The van der Waals surface area contributed by atoms with Crippen LogP contribution in [-0.2, 0) is 23.9 Å². The smallest absolute Gasteiger partial charge is 0.352 e. The number of nitrogens with one attached hydrogen (secondary N) is 1. The predicted molar refractivity (Wildman–Crippen MR) is 94.0 cm³/mol. The molecule has 0 spiro atoms. The number of esters is 1. The van der Waals surface area contributed by atoms with Gasteiger partial charge in [0.2, 0.25) is 5.91 Å². The molecule has 2 amide bonds. The Balaban J connectivity index is 2.09. The summed E-state index contributed by atoms with van der Waals surface area (Å²) in [4.78, 5) is 47.9. The van der Waals surface area contributed by atoms with Crippen molar-refractivity contribution in [2.24, 2.45) is 0 Å². The molecule has 2 N–H and O–H groups in total. The summed E-state index contributed by atoms with van der Waals surface area (Å²) in [5.74, 6) is -2.80. The number of thioether (sulfide) groups is 2. The Morgan fingerprint density at radius 2 is 2.27 bits per heavy atom. The van der Waals surface area contributed by atoms with Gasteiger partial charge in [-0.25, -0.2) is 4.79 Å². The summed E-state index contributed by atoms with van der Waals surface area (Å²) in [5.41, 5.74) is 0.0821. The summed E-state index contributed by atoms with van der Waals surface area (Å²) >= 11 is 8.02. The van der Waals surface area contributed by atoms with Crippen molar-refractivity contribution in [2.45, 2.75) is 23.0 Å². The Kier molecular flexibility index (Phi) is 6.80. The van der Waals surface area contributed by atoms with Crippen molar-refractivity contribution in [3.05, 3.63) is 11.3 Å². The van der Waals surface area contributed by atoms with Gasteiger partial charge in [-0.1, -0.05) is 0 Å². The lowest BCUT2D eigenvalue weighted by Gasteiger charge is -2.49. The molecular formula is C14H14ClN3O6S2. The molecule has 3 atom stereocenters. The van der Waals surface area contributed by atoms with E-state index >= 15 is 0 Å². The Labute approximate surface area is 162 Å².